The van der Waals surface area contributed by atoms with Gasteiger partial charge in [0.25, 0.3) is 0 Å². The zero-order valence-corrected chi connectivity index (χ0v) is 22.0. The SMILES string of the molecule is c1ccc(-n2c(-c3ccc(-n4c5ccccc5c5cc6c(cc54)oc4ccccc46)cc3)nc3ccccc32)cc1. The quantitative estimate of drug-likeness (QED) is 0.230. The second-order valence-corrected chi connectivity index (χ2v) is 10.5. The van der Waals surface area contributed by atoms with E-state index in [1.54, 1.807) is 0 Å². The van der Waals surface area contributed by atoms with Crippen LogP contribution in [0.2, 0.25) is 0 Å². The van der Waals surface area contributed by atoms with E-state index in [2.05, 4.69) is 124 Å². The molecule has 0 spiro atoms. The van der Waals surface area contributed by atoms with E-state index in [9.17, 15) is 0 Å². The van der Waals surface area contributed by atoms with E-state index in [-0.39, 0.29) is 0 Å². The summed E-state index contributed by atoms with van der Waals surface area (Å²) in [4.78, 5) is 5.05. The number of imidazole rings is 1. The molecule has 0 unspecified atom stereocenters. The molecule has 41 heavy (non-hydrogen) atoms. The van der Waals surface area contributed by atoms with E-state index in [1.165, 1.54) is 16.3 Å². The second kappa shape index (κ2) is 8.44. The lowest BCUT2D eigenvalue weighted by molar-refractivity contribution is 0.669. The first kappa shape index (κ1) is 22.2. The van der Waals surface area contributed by atoms with Gasteiger partial charge in [-0.05, 0) is 66.7 Å². The molecule has 192 valence electrons. The van der Waals surface area contributed by atoms with Gasteiger partial charge in [0.1, 0.15) is 17.0 Å². The number of rotatable bonds is 3. The molecular weight excluding hydrogens is 502 g/mol. The summed E-state index contributed by atoms with van der Waals surface area (Å²) in [7, 11) is 0. The zero-order chi connectivity index (χ0) is 26.9. The molecule has 0 amide bonds. The first-order chi connectivity index (χ1) is 20.3. The Labute approximate surface area is 235 Å². The summed E-state index contributed by atoms with van der Waals surface area (Å²) < 4.78 is 10.9. The second-order valence-electron chi connectivity index (χ2n) is 10.5. The predicted molar refractivity (Wildman–Crippen MR) is 168 cm³/mol. The van der Waals surface area contributed by atoms with Gasteiger partial charge in [-0.2, -0.15) is 0 Å². The highest BCUT2D eigenvalue weighted by atomic mass is 16.3. The number of furan rings is 1. The molecule has 9 rings (SSSR count). The summed E-state index contributed by atoms with van der Waals surface area (Å²) in [6, 6.07) is 48.8. The Morgan fingerprint density at radius 1 is 0.439 bits per heavy atom. The van der Waals surface area contributed by atoms with E-state index >= 15 is 0 Å². The Hall–Kier alpha value is -5.61. The molecule has 4 heteroatoms. The van der Waals surface area contributed by atoms with E-state index < -0.39 is 0 Å². The van der Waals surface area contributed by atoms with E-state index in [0.717, 1.165) is 61.3 Å². The van der Waals surface area contributed by atoms with Gasteiger partial charge in [0.05, 0.1) is 22.1 Å². The van der Waals surface area contributed by atoms with Crippen LogP contribution in [0.4, 0.5) is 0 Å². The van der Waals surface area contributed by atoms with Crippen molar-refractivity contribution in [3.8, 4) is 22.8 Å². The van der Waals surface area contributed by atoms with Crippen LogP contribution in [0.3, 0.4) is 0 Å². The molecule has 0 aliphatic carbocycles. The molecule has 4 nitrogen and oxygen atoms in total. The number of fused-ring (bicyclic) bond motifs is 7. The third-order valence-corrected chi connectivity index (χ3v) is 8.13. The minimum Gasteiger partial charge on any atom is -0.456 e. The van der Waals surface area contributed by atoms with Crippen molar-refractivity contribution in [3.63, 3.8) is 0 Å². The van der Waals surface area contributed by atoms with E-state index in [4.69, 9.17) is 9.40 Å². The summed E-state index contributed by atoms with van der Waals surface area (Å²) in [5.74, 6) is 0.926. The Morgan fingerprint density at radius 2 is 1.12 bits per heavy atom. The van der Waals surface area contributed by atoms with Crippen LogP contribution in [0.1, 0.15) is 0 Å². The highest BCUT2D eigenvalue weighted by Crippen LogP contribution is 2.38. The van der Waals surface area contributed by atoms with Gasteiger partial charge in [-0.3, -0.25) is 4.57 Å². The fourth-order valence-electron chi connectivity index (χ4n) is 6.28. The molecule has 0 radical (unpaired) electrons. The molecule has 0 N–H and O–H groups in total. The zero-order valence-electron chi connectivity index (χ0n) is 22.0. The lowest BCUT2D eigenvalue weighted by Crippen LogP contribution is -1.98. The fourth-order valence-corrected chi connectivity index (χ4v) is 6.28. The summed E-state index contributed by atoms with van der Waals surface area (Å²) in [6.45, 7) is 0. The molecule has 0 atom stereocenters. The van der Waals surface area contributed by atoms with Crippen molar-refractivity contribution in [1.82, 2.24) is 14.1 Å². The third kappa shape index (κ3) is 3.25. The molecule has 0 fully saturated rings. The Bertz CT molecular complexity index is 2410. The van der Waals surface area contributed by atoms with Crippen LogP contribution in [0.5, 0.6) is 0 Å². The van der Waals surface area contributed by atoms with E-state index in [0.29, 0.717) is 0 Å². The Morgan fingerprint density at radius 3 is 1.98 bits per heavy atom. The van der Waals surface area contributed by atoms with Gasteiger partial charge in [-0.1, -0.05) is 66.7 Å². The van der Waals surface area contributed by atoms with Crippen LogP contribution in [0, 0.1) is 0 Å². The third-order valence-electron chi connectivity index (χ3n) is 8.13. The van der Waals surface area contributed by atoms with Crippen molar-refractivity contribution < 1.29 is 4.42 Å². The van der Waals surface area contributed by atoms with Crippen molar-refractivity contribution in [1.29, 1.82) is 0 Å². The molecular formula is C37H23N3O. The molecule has 6 aromatic carbocycles. The molecule has 9 aromatic rings. The number of benzene rings is 6. The molecule has 0 aliphatic rings. The van der Waals surface area contributed by atoms with Crippen molar-refractivity contribution >= 4 is 54.8 Å². The summed E-state index contributed by atoms with van der Waals surface area (Å²) in [5.41, 5.74) is 9.44. The first-order valence-corrected chi connectivity index (χ1v) is 13.8. The van der Waals surface area contributed by atoms with Gasteiger partial charge in [-0.15, -0.1) is 0 Å². The number of aromatic nitrogens is 3. The Balaban J connectivity index is 1.25. The maximum Gasteiger partial charge on any atom is 0.145 e. The van der Waals surface area contributed by atoms with Crippen molar-refractivity contribution in [2.75, 3.05) is 0 Å². The topological polar surface area (TPSA) is 35.9 Å². The maximum absolute atomic E-state index is 6.28. The summed E-state index contributed by atoms with van der Waals surface area (Å²) in [6.07, 6.45) is 0. The van der Waals surface area contributed by atoms with Crippen LogP contribution in [0.25, 0.3) is 77.5 Å². The predicted octanol–water partition coefficient (Wildman–Crippen LogP) is 9.69. The minimum absolute atomic E-state index is 0.899. The maximum atomic E-state index is 6.28. The normalized spacial score (nSPS) is 11.9. The van der Waals surface area contributed by atoms with Crippen LogP contribution in [-0.2, 0) is 0 Å². The molecule has 3 heterocycles. The number of hydrogen-bond acceptors (Lipinski definition) is 2. The summed E-state index contributed by atoms with van der Waals surface area (Å²) >= 11 is 0. The standard InChI is InChI=1S/C37H23N3O/c1-2-10-25(11-3-1)40-33-16-8-6-14-31(33)38-37(40)24-18-20-26(21-19-24)39-32-15-7-4-12-27(32)29-22-30-28-13-5-9-17-35(28)41-36(30)23-34(29)39/h1-23H. The number of para-hydroxylation sites is 5. The molecule has 0 aliphatic heterocycles. The van der Waals surface area contributed by atoms with Crippen LogP contribution in [-0.4, -0.2) is 14.1 Å². The van der Waals surface area contributed by atoms with Gasteiger partial charge >= 0.3 is 0 Å². The molecule has 3 aromatic heterocycles. The Kier molecular flexibility index (Phi) is 4.58. The minimum atomic E-state index is 0.899. The van der Waals surface area contributed by atoms with Gasteiger partial charge < -0.3 is 8.98 Å². The largest absolute Gasteiger partial charge is 0.456 e. The average Bonchev–Trinajstić information content (AvgIpc) is 3.70. The molecule has 0 saturated heterocycles. The van der Waals surface area contributed by atoms with Crippen LogP contribution in [0.15, 0.2) is 144 Å². The smallest absolute Gasteiger partial charge is 0.145 e. The van der Waals surface area contributed by atoms with E-state index in [1.807, 2.05) is 24.3 Å². The number of nitrogens with zero attached hydrogens (tertiary/aromatic N) is 3. The van der Waals surface area contributed by atoms with Crippen molar-refractivity contribution in [2.45, 2.75) is 0 Å². The van der Waals surface area contributed by atoms with Gasteiger partial charge in [-0.25, -0.2) is 4.98 Å². The van der Waals surface area contributed by atoms with Crippen LogP contribution < -0.4 is 0 Å². The monoisotopic (exact) mass is 525 g/mol. The van der Waals surface area contributed by atoms with Crippen LogP contribution >= 0.6 is 0 Å². The van der Waals surface area contributed by atoms with Gasteiger partial charge in [0, 0.05) is 44.5 Å². The molecule has 0 saturated carbocycles. The van der Waals surface area contributed by atoms with Crippen molar-refractivity contribution in [2.24, 2.45) is 0 Å². The lowest BCUT2D eigenvalue weighted by Gasteiger charge is -2.11. The van der Waals surface area contributed by atoms with Gasteiger partial charge in [0.2, 0.25) is 0 Å². The average molecular weight is 526 g/mol. The fraction of sp³-hybridized carbons (Fsp3) is 0. The summed E-state index contributed by atoms with van der Waals surface area (Å²) in [5, 5.41) is 4.73. The highest BCUT2D eigenvalue weighted by molar-refractivity contribution is 6.17. The highest BCUT2D eigenvalue weighted by Gasteiger charge is 2.18. The van der Waals surface area contributed by atoms with Crippen molar-refractivity contribution in [3.05, 3.63) is 140 Å². The lowest BCUT2D eigenvalue weighted by atomic mass is 10.1. The number of hydrogen-bond donors (Lipinski definition) is 0. The van der Waals surface area contributed by atoms with Gasteiger partial charge in [0.15, 0.2) is 0 Å². The molecule has 0 bridgehead atoms. The first-order valence-electron chi connectivity index (χ1n) is 13.8.